The molecule has 0 aromatic rings. The summed E-state index contributed by atoms with van der Waals surface area (Å²) in [6.45, 7) is 8.81. The van der Waals surface area contributed by atoms with E-state index >= 15 is 0 Å². The molecule has 0 heterocycles. The molecule has 0 bridgehead atoms. The number of hydrogen-bond acceptors (Lipinski definition) is 1. The van der Waals surface area contributed by atoms with Gasteiger partial charge in [-0.3, -0.25) is 0 Å². The molecule has 60 valence electrons. The fourth-order valence-electron chi connectivity index (χ4n) is 0.864. The maximum absolute atomic E-state index is 4.19. The molecule has 0 rings (SSSR count). The van der Waals surface area contributed by atoms with E-state index < -0.39 is 0 Å². The quantitative estimate of drug-likeness (QED) is 0.538. The average Bonchev–Trinajstić information content (AvgIpc) is 2.01. The summed E-state index contributed by atoms with van der Waals surface area (Å²) >= 11 is 2.07. The number of rotatable bonds is 3. The molecule has 0 N–H and O–H groups in total. The maximum Gasteiger partial charge on any atom is 0.0830 e. The average molecular weight is 253 g/mol. The molecule has 10 heavy (non-hydrogen) atoms. The minimum absolute atomic E-state index is 0.335. The summed E-state index contributed by atoms with van der Waals surface area (Å²) < 4.78 is 4.19. The van der Waals surface area contributed by atoms with Gasteiger partial charge in [0.1, 0.15) is 0 Å². The van der Waals surface area contributed by atoms with Crippen molar-refractivity contribution in [3.8, 4) is 0 Å². The van der Waals surface area contributed by atoms with Crippen LogP contribution in [0.3, 0.4) is 0 Å². The summed E-state index contributed by atoms with van der Waals surface area (Å²) in [5.41, 5.74) is 1.60. The fraction of sp³-hybridized carbons (Fsp3) is 0.875. The second-order valence-electron chi connectivity index (χ2n) is 2.94. The lowest BCUT2D eigenvalue weighted by molar-refractivity contribution is 0.432. The van der Waals surface area contributed by atoms with Crippen LogP contribution in [0.25, 0.3) is 0 Å². The molecule has 0 aliphatic rings. The van der Waals surface area contributed by atoms with Crippen molar-refractivity contribution in [3.63, 3.8) is 0 Å². The van der Waals surface area contributed by atoms with Crippen LogP contribution in [0, 0.1) is 5.41 Å². The minimum atomic E-state index is 0.335. The lowest BCUT2D eigenvalue weighted by atomic mass is 9.81. The standard InChI is InChI=1S/C8H16IN/c1-5-8(4,6-2)7(3)10-9/h5-6H2,1-4H3. The predicted octanol–water partition coefficient (Wildman–Crippen LogP) is 3.62. The topological polar surface area (TPSA) is 12.4 Å². The zero-order valence-electron chi connectivity index (χ0n) is 7.24. The van der Waals surface area contributed by atoms with Crippen molar-refractivity contribution in [2.75, 3.05) is 0 Å². The Balaban J connectivity index is 4.32. The monoisotopic (exact) mass is 253 g/mol. The van der Waals surface area contributed by atoms with Crippen molar-refractivity contribution in [3.05, 3.63) is 0 Å². The molecule has 0 saturated carbocycles. The molecule has 0 unspecified atom stereocenters. The molecule has 2 heteroatoms. The van der Waals surface area contributed by atoms with Crippen LogP contribution in [-0.4, -0.2) is 5.71 Å². The first kappa shape index (κ1) is 10.4. The first-order valence-corrected chi connectivity index (χ1v) is 4.73. The third kappa shape index (κ3) is 2.22. The van der Waals surface area contributed by atoms with Gasteiger partial charge in [0.25, 0.3) is 0 Å². The van der Waals surface area contributed by atoms with Crippen LogP contribution < -0.4 is 0 Å². The third-order valence-corrected chi connectivity index (χ3v) is 3.28. The summed E-state index contributed by atoms with van der Waals surface area (Å²) in [6.07, 6.45) is 2.36. The molecule has 1 nitrogen and oxygen atoms in total. The second-order valence-corrected chi connectivity index (χ2v) is 3.42. The Kier molecular flexibility index (Phi) is 4.49. The van der Waals surface area contributed by atoms with Crippen molar-refractivity contribution < 1.29 is 0 Å². The number of nitrogens with zero attached hydrogens (tertiary/aromatic N) is 1. The van der Waals surface area contributed by atoms with Gasteiger partial charge in [-0.05, 0) is 19.8 Å². The summed E-state index contributed by atoms with van der Waals surface area (Å²) in [6, 6.07) is 0. The van der Waals surface area contributed by atoms with E-state index in [2.05, 4.69) is 53.8 Å². The normalized spacial score (nSPS) is 13.9. The van der Waals surface area contributed by atoms with Crippen LogP contribution in [0.4, 0.5) is 0 Å². The second kappa shape index (κ2) is 4.31. The van der Waals surface area contributed by atoms with Crippen LogP contribution in [-0.2, 0) is 0 Å². The smallest absolute Gasteiger partial charge is 0.0830 e. The van der Waals surface area contributed by atoms with E-state index in [1.807, 2.05) is 0 Å². The Labute approximate surface area is 77.8 Å². The van der Waals surface area contributed by atoms with Gasteiger partial charge >= 0.3 is 0 Å². The molecule has 0 saturated heterocycles. The van der Waals surface area contributed by atoms with Crippen molar-refractivity contribution in [1.29, 1.82) is 0 Å². The number of hydrogen-bond donors (Lipinski definition) is 0. The Morgan fingerprint density at radius 3 is 1.90 bits per heavy atom. The van der Waals surface area contributed by atoms with Gasteiger partial charge in [-0.1, -0.05) is 20.8 Å². The molecule has 0 atom stereocenters. The van der Waals surface area contributed by atoms with E-state index in [4.69, 9.17) is 0 Å². The lowest BCUT2D eigenvalue weighted by Crippen LogP contribution is -2.22. The molecule has 0 spiro atoms. The van der Waals surface area contributed by atoms with E-state index in [-0.39, 0.29) is 0 Å². The Bertz CT molecular complexity index is 125. The van der Waals surface area contributed by atoms with Gasteiger partial charge in [-0.15, -0.1) is 0 Å². The zero-order chi connectivity index (χ0) is 8.20. The van der Waals surface area contributed by atoms with Gasteiger partial charge in [-0.25, -0.2) is 3.21 Å². The van der Waals surface area contributed by atoms with Gasteiger partial charge in [0, 0.05) is 11.1 Å². The molecular weight excluding hydrogens is 237 g/mol. The van der Waals surface area contributed by atoms with Crippen molar-refractivity contribution in [1.82, 2.24) is 0 Å². The van der Waals surface area contributed by atoms with E-state index in [0.717, 1.165) is 0 Å². The summed E-state index contributed by atoms with van der Waals surface area (Å²) in [7, 11) is 0. The SMILES string of the molecule is CCC(C)(CC)C(C)=NI. The molecule has 0 fully saturated rings. The van der Waals surface area contributed by atoms with Crippen LogP contribution in [0.5, 0.6) is 0 Å². The predicted molar refractivity (Wildman–Crippen MR) is 55.8 cm³/mol. The molecule has 0 aliphatic carbocycles. The molecular formula is C8H16IN. The summed E-state index contributed by atoms with van der Waals surface area (Å²) in [5, 5.41) is 0. The molecule has 0 aromatic heterocycles. The first-order valence-electron chi connectivity index (χ1n) is 3.76. The third-order valence-electron chi connectivity index (χ3n) is 2.56. The van der Waals surface area contributed by atoms with Crippen molar-refractivity contribution in [2.24, 2.45) is 8.62 Å². The van der Waals surface area contributed by atoms with E-state index in [1.165, 1.54) is 18.6 Å². The van der Waals surface area contributed by atoms with Gasteiger partial charge in [-0.2, -0.15) is 0 Å². The Morgan fingerprint density at radius 1 is 1.40 bits per heavy atom. The first-order chi connectivity index (χ1) is 4.60. The highest BCUT2D eigenvalue weighted by Crippen LogP contribution is 2.27. The van der Waals surface area contributed by atoms with E-state index in [9.17, 15) is 0 Å². The Morgan fingerprint density at radius 2 is 1.80 bits per heavy atom. The molecule has 0 amide bonds. The van der Waals surface area contributed by atoms with Gasteiger partial charge < -0.3 is 0 Å². The molecule has 0 aliphatic heterocycles. The van der Waals surface area contributed by atoms with Crippen LogP contribution in [0.15, 0.2) is 3.21 Å². The van der Waals surface area contributed by atoms with Gasteiger partial charge in [0.15, 0.2) is 0 Å². The molecule has 0 radical (unpaired) electrons. The zero-order valence-corrected chi connectivity index (χ0v) is 9.40. The summed E-state index contributed by atoms with van der Waals surface area (Å²) in [5.74, 6) is 0. The van der Waals surface area contributed by atoms with Gasteiger partial charge in [0.2, 0.25) is 0 Å². The van der Waals surface area contributed by atoms with Crippen LogP contribution >= 0.6 is 22.9 Å². The van der Waals surface area contributed by atoms with E-state index in [0.29, 0.717) is 5.41 Å². The van der Waals surface area contributed by atoms with Crippen LogP contribution in [0.2, 0.25) is 0 Å². The van der Waals surface area contributed by atoms with E-state index in [1.54, 1.807) is 0 Å². The largest absolute Gasteiger partial charge is 0.224 e. The lowest BCUT2D eigenvalue weighted by Gasteiger charge is -2.25. The highest BCUT2D eigenvalue weighted by Gasteiger charge is 2.22. The van der Waals surface area contributed by atoms with Gasteiger partial charge in [0.05, 0.1) is 22.9 Å². The van der Waals surface area contributed by atoms with Crippen LogP contribution in [0.1, 0.15) is 40.5 Å². The highest BCUT2D eigenvalue weighted by atomic mass is 127. The van der Waals surface area contributed by atoms with Crippen molar-refractivity contribution in [2.45, 2.75) is 40.5 Å². The Hall–Kier alpha value is 0.400. The molecule has 0 aromatic carbocycles. The summed E-state index contributed by atoms with van der Waals surface area (Å²) in [4.78, 5) is 0. The fourth-order valence-corrected chi connectivity index (χ4v) is 1.45. The van der Waals surface area contributed by atoms with Crippen molar-refractivity contribution >= 4 is 28.6 Å². The minimum Gasteiger partial charge on any atom is -0.224 e. The number of halogens is 1. The maximum atomic E-state index is 4.19. The highest BCUT2D eigenvalue weighted by molar-refractivity contribution is 14.1.